The van der Waals surface area contributed by atoms with Crippen LogP contribution in [0.1, 0.15) is 15.4 Å². The molecule has 26 heavy (non-hydrogen) atoms. The second kappa shape index (κ2) is 7.53. The number of benzene rings is 2. The molecule has 0 fully saturated rings. The molecule has 3 rings (SSSR count). The van der Waals surface area contributed by atoms with Gasteiger partial charge in [0.1, 0.15) is 5.01 Å². The first-order valence-electron chi connectivity index (χ1n) is 7.41. The summed E-state index contributed by atoms with van der Waals surface area (Å²) in [7, 11) is 0. The van der Waals surface area contributed by atoms with Crippen molar-refractivity contribution in [3.05, 3.63) is 75.3 Å². The highest BCUT2D eigenvalue weighted by atomic mass is 32.1. The number of aromatic nitrogens is 1. The first kappa shape index (κ1) is 17.2. The van der Waals surface area contributed by atoms with Gasteiger partial charge in [0.05, 0.1) is 15.1 Å². The molecule has 2 aromatic carbocycles. The Hall–Kier alpha value is -3.59. The molecule has 2 N–H and O–H groups in total. The van der Waals surface area contributed by atoms with E-state index in [0.29, 0.717) is 5.01 Å². The van der Waals surface area contributed by atoms with Crippen molar-refractivity contribution >= 4 is 45.1 Å². The molecule has 0 saturated carbocycles. The lowest BCUT2D eigenvalue weighted by Crippen LogP contribution is -2.40. The maximum Gasteiger partial charge on any atom is 0.270 e. The monoisotopic (exact) mass is 368 g/mol. The van der Waals surface area contributed by atoms with Crippen molar-refractivity contribution < 1.29 is 14.5 Å². The Morgan fingerprint density at radius 2 is 1.92 bits per heavy atom. The quantitative estimate of drug-likeness (QED) is 0.417. The molecular weight excluding hydrogens is 356 g/mol. The minimum Gasteiger partial charge on any atom is -0.268 e. The second-order valence-corrected chi connectivity index (χ2v) is 6.17. The zero-order valence-corrected chi connectivity index (χ0v) is 14.0. The molecule has 2 amide bonds. The maximum absolute atomic E-state index is 11.9. The van der Waals surface area contributed by atoms with Gasteiger partial charge < -0.3 is 0 Å². The fourth-order valence-corrected chi connectivity index (χ4v) is 2.97. The number of hydrazine groups is 1. The van der Waals surface area contributed by atoms with Crippen LogP contribution in [0, 0.1) is 10.1 Å². The number of hydrogen-bond acceptors (Lipinski definition) is 6. The molecule has 8 nitrogen and oxygen atoms in total. The molecule has 0 aliphatic carbocycles. The number of nitro benzene ring substituents is 1. The van der Waals surface area contributed by atoms with E-state index in [-0.39, 0.29) is 11.3 Å². The lowest BCUT2D eigenvalue weighted by Gasteiger charge is -2.04. The van der Waals surface area contributed by atoms with Gasteiger partial charge in [-0.3, -0.25) is 30.6 Å². The fourth-order valence-electron chi connectivity index (χ4n) is 2.10. The number of nitrogens with one attached hydrogen (secondary N) is 2. The number of amides is 2. The van der Waals surface area contributed by atoms with E-state index in [1.165, 1.54) is 35.6 Å². The van der Waals surface area contributed by atoms with Crippen LogP contribution in [0.4, 0.5) is 5.69 Å². The number of hydrogen-bond donors (Lipinski definition) is 2. The summed E-state index contributed by atoms with van der Waals surface area (Å²) in [5.74, 6) is -1.21. The van der Waals surface area contributed by atoms with E-state index < -0.39 is 16.7 Å². The van der Waals surface area contributed by atoms with Crippen LogP contribution in [0.25, 0.3) is 16.3 Å². The standard InChI is InChI=1S/C17H12N4O4S/c22-15(8-9-16-18-13-6-1-2-7-14(13)26-16)19-20-17(23)11-4-3-5-12(10-11)21(24)25/h1-10H,(H,19,22)(H,20,23). The van der Waals surface area contributed by atoms with Gasteiger partial charge in [-0.2, -0.15) is 0 Å². The van der Waals surface area contributed by atoms with Crippen LogP contribution in [0.5, 0.6) is 0 Å². The van der Waals surface area contributed by atoms with Crippen LogP contribution >= 0.6 is 11.3 Å². The summed E-state index contributed by atoms with van der Waals surface area (Å²) in [5, 5.41) is 11.4. The topological polar surface area (TPSA) is 114 Å². The zero-order valence-electron chi connectivity index (χ0n) is 13.2. The van der Waals surface area contributed by atoms with Crippen molar-refractivity contribution in [2.75, 3.05) is 0 Å². The summed E-state index contributed by atoms with van der Waals surface area (Å²) in [4.78, 5) is 38.2. The average molecular weight is 368 g/mol. The number of carbonyl (C=O) groups is 2. The Bertz CT molecular complexity index is 995. The van der Waals surface area contributed by atoms with E-state index in [2.05, 4.69) is 15.8 Å². The molecule has 0 bridgehead atoms. The maximum atomic E-state index is 11.9. The third-order valence-corrected chi connectivity index (χ3v) is 4.31. The lowest BCUT2D eigenvalue weighted by molar-refractivity contribution is -0.384. The predicted molar refractivity (Wildman–Crippen MR) is 97.4 cm³/mol. The third-order valence-electron chi connectivity index (χ3n) is 3.31. The SMILES string of the molecule is O=C(C=Cc1nc2ccccc2s1)NNC(=O)c1cccc([N+](=O)[O-])c1. The molecule has 0 spiro atoms. The van der Waals surface area contributed by atoms with Crippen molar-refractivity contribution in [1.82, 2.24) is 15.8 Å². The summed E-state index contributed by atoms with van der Waals surface area (Å²) in [6.07, 6.45) is 2.78. The van der Waals surface area contributed by atoms with E-state index in [4.69, 9.17) is 0 Å². The highest BCUT2D eigenvalue weighted by Crippen LogP contribution is 2.22. The van der Waals surface area contributed by atoms with Crippen LogP contribution in [0.15, 0.2) is 54.6 Å². The first-order chi connectivity index (χ1) is 12.5. The Balaban J connectivity index is 1.59. The van der Waals surface area contributed by atoms with Gasteiger partial charge >= 0.3 is 0 Å². The molecule has 0 saturated heterocycles. The van der Waals surface area contributed by atoms with Gasteiger partial charge in [0.15, 0.2) is 0 Å². The van der Waals surface area contributed by atoms with E-state index in [1.54, 1.807) is 6.08 Å². The van der Waals surface area contributed by atoms with Crippen LogP contribution in [0.3, 0.4) is 0 Å². The summed E-state index contributed by atoms with van der Waals surface area (Å²) in [5.41, 5.74) is 5.11. The molecule has 1 aromatic heterocycles. The van der Waals surface area contributed by atoms with Gasteiger partial charge in [0, 0.05) is 23.8 Å². The number of non-ortho nitro benzene ring substituents is 1. The molecule has 130 valence electrons. The molecule has 0 radical (unpaired) electrons. The van der Waals surface area contributed by atoms with Gasteiger partial charge in [0.25, 0.3) is 17.5 Å². The normalized spacial score (nSPS) is 10.8. The number of nitro groups is 1. The largest absolute Gasteiger partial charge is 0.270 e. The van der Waals surface area contributed by atoms with E-state index in [1.807, 2.05) is 24.3 Å². The van der Waals surface area contributed by atoms with Crippen molar-refractivity contribution in [1.29, 1.82) is 0 Å². The molecule has 3 aromatic rings. The minimum absolute atomic E-state index is 0.0645. The van der Waals surface area contributed by atoms with Crippen molar-refractivity contribution in [2.24, 2.45) is 0 Å². The van der Waals surface area contributed by atoms with Gasteiger partial charge in [-0.05, 0) is 24.3 Å². The fraction of sp³-hybridized carbons (Fsp3) is 0. The van der Waals surface area contributed by atoms with Gasteiger partial charge in [-0.25, -0.2) is 4.98 Å². The van der Waals surface area contributed by atoms with Crippen molar-refractivity contribution in [3.8, 4) is 0 Å². The Morgan fingerprint density at radius 1 is 1.12 bits per heavy atom. The Morgan fingerprint density at radius 3 is 2.69 bits per heavy atom. The average Bonchev–Trinajstić information content (AvgIpc) is 3.07. The molecule has 0 aliphatic rings. The highest BCUT2D eigenvalue weighted by Gasteiger charge is 2.11. The second-order valence-electron chi connectivity index (χ2n) is 5.10. The highest BCUT2D eigenvalue weighted by molar-refractivity contribution is 7.19. The summed E-state index contributed by atoms with van der Waals surface area (Å²) in [6.45, 7) is 0. The molecule has 0 unspecified atom stereocenters. The summed E-state index contributed by atoms with van der Waals surface area (Å²) >= 11 is 1.44. The van der Waals surface area contributed by atoms with Crippen LogP contribution in [-0.2, 0) is 4.79 Å². The van der Waals surface area contributed by atoms with E-state index >= 15 is 0 Å². The number of carbonyl (C=O) groups excluding carboxylic acids is 2. The zero-order chi connectivity index (χ0) is 18.5. The number of para-hydroxylation sites is 1. The summed E-state index contributed by atoms with van der Waals surface area (Å²) in [6, 6.07) is 12.8. The van der Waals surface area contributed by atoms with Crippen LogP contribution < -0.4 is 10.9 Å². The molecule has 0 atom stereocenters. The Kier molecular flexibility index (Phi) is 4.99. The smallest absolute Gasteiger partial charge is 0.268 e. The predicted octanol–water partition coefficient (Wildman–Crippen LogP) is 2.68. The Labute approximate surface area is 151 Å². The summed E-state index contributed by atoms with van der Waals surface area (Å²) < 4.78 is 1.01. The number of nitrogens with zero attached hydrogens (tertiary/aromatic N) is 2. The van der Waals surface area contributed by atoms with Crippen LogP contribution in [0.2, 0.25) is 0 Å². The van der Waals surface area contributed by atoms with E-state index in [0.717, 1.165) is 16.3 Å². The molecular formula is C17H12N4O4S. The van der Waals surface area contributed by atoms with Crippen LogP contribution in [-0.4, -0.2) is 21.7 Å². The third kappa shape index (κ3) is 4.08. The molecule has 0 aliphatic heterocycles. The molecule has 1 heterocycles. The van der Waals surface area contributed by atoms with Gasteiger partial charge in [-0.15, -0.1) is 11.3 Å². The number of thiazole rings is 1. The first-order valence-corrected chi connectivity index (χ1v) is 8.23. The molecule has 9 heteroatoms. The number of rotatable bonds is 4. The van der Waals surface area contributed by atoms with Gasteiger partial charge in [-0.1, -0.05) is 18.2 Å². The van der Waals surface area contributed by atoms with E-state index in [9.17, 15) is 19.7 Å². The number of fused-ring (bicyclic) bond motifs is 1. The minimum atomic E-state index is -0.657. The van der Waals surface area contributed by atoms with Crippen molar-refractivity contribution in [2.45, 2.75) is 0 Å². The van der Waals surface area contributed by atoms with Gasteiger partial charge in [0.2, 0.25) is 0 Å². The lowest BCUT2D eigenvalue weighted by atomic mass is 10.2. The van der Waals surface area contributed by atoms with Crippen molar-refractivity contribution in [3.63, 3.8) is 0 Å².